The molecule has 6 heteroatoms. The van der Waals surface area contributed by atoms with Crippen molar-refractivity contribution in [3.05, 3.63) is 35.6 Å². The zero-order valence-corrected chi connectivity index (χ0v) is 13.4. The third-order valence-corrected chi connectivity index (χ3v) is 4.07. The molecule has 1 aromatic rings. The van der Waals surface area contributed by atoms with Crippen LogP contribution in [0.25, 0.3) is 0 Å². The lowest BCUT2D eigenvalue weighted by Crippen LogP contribution is -2.47. The molecule has 1 aromatic carbocycles. The van der Waals surface area contributed by atoms with Crippen LogP contribution in [0.2, 0.25) is 0 Å². The largest absolute Gasteiger partial charge is 0.344 e. The van der Waals surface area contributed by atoms with Crippen molar-refractivity contribution in [1.29, 1.82) is 0 Å². The van der Waals surface area contributed by atoms with Gasteiger partial charge in [-0.1, -0.05) is 26.0 Å². The molecule has 122 valence electrons. The number of hydrogen-bond donors (Lipinski definition) is 3. The monoisotopic (exact) mass is 308 g/mol. The fraction of sp³-hybridized carbons (Fsp3) is 0.562. The van der Waals surface area contributed by atoms with Gasteiger partial charge in [0.2, 0.25) is 5.91 Å². The van der Waals surface area contributed by atoms with Crippen molar-refractivity contribution in [2.45, 2.75) is 32.4 Å². The first-order valence-electron chi connectivity index (χ1n) is 7.54. The fourth-order valence-corrected chi connectivity index (χ4v) is 2.68. The summed E-state index contributed by atoms with van der Waals surface area (Å²) in [4.78, 5) is 14.2. The molecule has 1 fully saturated rings. The minimum Gasteiger partial charge on any atom is -0.344 e. The molecule has 1 aliphatic heterocycles. The Kier molecular flexibility index (Phi) is 5.16. The highest BCUT2D eigenvalue weighted by Crippen LogP contribution is 2.24. The Balaban J connectivity index is 1.94. The standard InChI is InChI=1S/C16H25FN4O/c1-16(2,9-18)10-21(3)15(22)14-8-13(19-20-14)11-4-6-12(17)7-5-11/h4-7,13-14,19-20H,8-10,18H2,1-3H3. The predicted molar refractivity (Wildman–Crippen MR) is 84.3 cm³/mol. The van der Waals surface area contributed by atoms with Gasteiger partial charge in [0, 0.05) is 19.6 Å². The first-order valence-corrected chi connectivity index (χ1v) is 7.54. The number of rotatable bonds is 5. The van der Waals surface area contributed by atoms with Crippen molar-refractivity contribution in [3.8, 4) is 0 Å². The molecular formula is C16H25FN4O. The summed E-state index contributed by atoms with van der Waals surface area (Å²) in [5.74, 6) is -0.218. The molecule has 0 bridgehead atoms. The van der Waals surface area contributed by atoms with Crippen molar-refractivity contribution in [2.75, 3.05) is 20.1 Å². The Labute approximate surface area is 131 Å². The number of nitrogens with zero attached hydrogens (tertiary/aromatic N) is 1. The van der Waals surface area contributed by atoms with Crippen LogP contribution in [0, 0.1) is 11.2 Å². The molecular weight excluding hydrogens is 283 g/mol. The number of benzene rings is 1. The van der Waals surface area contributed by atoms with Crippen LogP contribution in [0.15, 0.2) is 24.3 Å². The van der Waals surface area contributed by atoms with Gasteiger partial charge in [-0.2, -0.15) is 0 Å². The molecule has 1 heterocycles. The average molecular weight is 308 g/mol. The second-order valence-corrected chi connectivity index (χ2v) is 6.74. The quantitative estimate of drug-likeness (QED) is 0.764. The summed E-state index contributed by atoms with van der Waals surface area (Å²) in [6.07, 6.45) is 0.637. The van der Waals surface area contributed by atoms with Gasteiger partial charge in [-0.3, -0.25) is 4.79 Å². The number of carbonyl (C=O) groups excluding carboxylic acids is 1. The molecule has 0 spiro atoms. The van der Waals surface area contributed by atoms with Gasteiger partial charge in [0.05, 0.1) is 0 Å². The van der Waals surface area contributed by atoms with Gasteiger partial charge >= 0.3 is 0 Å². The van der Waals surface area contributed by atoms with E-state index in [1.165, 1.54) is 12.1 Å². The Morgan fingerprint density at radius 1 is 1.36 bits per heavy atom. The summed E-state index contributed by atoms with van der Waals surface area (Å²) in [6, 6.07) is 6.06. The van der Waals surface area contributed by atoms with Crippen LogP contribution in [0.3, 0.4) is 0 Å². The van der Waals surface area contributed by atoms with Crippen LogP contribution in [0.1, 0.15) is 31.9 Å². The SMILES string of the molecule is CN(CC(C)(C)CN)C(=O)C1CC(c2ccc(F)cc2)NN1. The molecule has 22 heavy (non-hydrogen) atoms. The summed E-state index contributed by atoms with van der Waals surface area (Å²) < 4.78 is 13.0. The summed E-state index contributed by atoms with van der Waals surface area (Å²) in [5.41, 5.74) is 12.7. The van der Waals surface area contributed by atoms with Gasteiger partial charge < -0.3 is 10.6 Å². The van der Waals surface area contributed by atoms with E-state index in [2.05, 4.69) is 10.9 Å². The van der Waals surface area contributed by atoms with Crippen LogP contribution in [-0.2, 0) is 4.79 Å². The lowest BCUT2D eigenvalue weighted by atomic mass is 9.93. The molecule has 2 rings (SSSR count). The molecule has 1 amide bonds. The molecule has 1 aliphatic rings. The maximum absolute atomic E-state index is 13.0. The fourth-order valence-electron chi connectivity index (χ4n) is 2.68. The first-order chi connectivity index (χ1) is 10.3. The minimum absolute atomic E-state index is 0.00506. The van der Waals surface area contributed by atoms with E-state index in [1.807, 2.05) is 13.8 Å². The van der Waals surface area contributed by atoms with Crippen LogP contribution < -0.4 is 16.6 Å². The molecule has 4 N–H and O–H groups in total. The third-order valence-electron chi connectivity index (χ3n) is 4.07. The van der Waals surface area contributed by atoms with Crippen LogP contribution in [0.5, 0.6) is 0 Å². The topological polar surface area (TPSA) is 70.4 Å². The molecule has 5 nitrogen and oxygen atoms in total. The highest BCUT2D eigenvalue weighted by atomic mass is 19.1. The van der Waals surface area contributed by atoms with Crippen molar-refractivity contribution >= 4 is 5.91 Å². The van der Waals surface area contributed by atoms with Gasteiger partial charge in [-0.25, -0.2) is 15.2 Å². The highest BCUT2D eigenvalue weighted by Gasteiger charge is 2.33. The molecule has 0 saturated carbocycles. The summed E-state index contributed by atoms with van der Waals surface area (Å²) in [7, 11) is 1.80. The number of nitrogens with two attached hydrogens (primary N) is 1. The van der Waals surface area contributed by atoms with E-state index in [4.69, 9.17) is 5.73 Å². The maximum Gasteiger partial charge on any atom is 0.240 e. The van der Waals surface area contributed by atoms with Crippen LogP contribution in [0.4, 0.5) is 4.39 Å². The summed E-state index contributed by atoms with van der Waals surface area (Å²) in [6.45, 7) is 5.22. The summed E-state index contributed by atoms with van der Waals surface area (Å²) >= 11 is 0. The predicted octanol–water partition coefficient (Wildman–Crippen LogP) is 1.18. The van der Waals surface area contributed by atoms with Gasteiger partial charge in [0.15, 0.2) is 0 Å². The van der Waals surface area contributed by atoms with Crippen molar-refractivity contribution in [3.63, 3.8) is 0 Å². The minimum atomic E-state index is -0.284. The molecule has 2 unspecified atom stereocenters. The number of hydrazine groups is 1. The molecule has 0 aliphatic carbocycles. The van der Waals surface area contributed by atoms with E-state index in [1.54, 1.807) is 24.1 Å². The Morgan fingerprint density at radius 2 is 2.00 bits per heavy atom. The maximum atomic E-state index is 13.0. The number of likely N-dealkylation sites (N-methyl/N-ethyl adjacent to an activating group) is 1. The number of amides is 1. The zero-order chi connectivity index (χ0) is 16.3. The lowest BCUT2D eigenvalue weighted by molar-refractivity contribution is -0.133. The second kappa shape index (κ2) is 6.73. The van der Waals surface area contributed by atoms with Crippen molar-refractivity contribution in [2.24, 2.45) is 11.1 Å². The number of carbonyl (C=O) groups is 1. The number of nitrogens with one attached hydrogen (secondary N) is 2. The highest BCUT2D eigenvalue weighted by molar-refractivity contribution is 5.82. The van der Waals surface area contributed by atoms with Gasteiger partial charge in [-0.15, -0.1) is 0 Å². The smallest absolute Gasteiger partial charge is 0.240 e. The zero-order valence-electron chi connectivity index (χ0n) is 13.4. The third kappa shape index (κ3) is 4.03. The molecule has 2 atom stereocenters. The second-order valence-electron chi connectivity index (χ2n) is 6.74. The van der Waals surface area contributed by atoms with E-state index in [0.29, 0.717) is 19.5 Å². The molecule has 1 saturated heterocycles. The lowest BCUT2D eigenvalue weighted by Gasteiger charge is -2.30. The Hall–Kier alpha value is -1.50. The van der Waals surface area contributed by atoms with Crippen LogP contribution in [-0.4, -0.2) is 37.0 Å². The van der Waals surface area contributed by atoms with E-state index >= 15 is 0 Å². The normalized spacial score (nSPS) is 21.9. The summed E-state index contributed by atoms with van der Waals surface area (Å²) in [5, 5.41) is 0. The first kappa shape index (κ1) is 16.9. The van der Waals surface area contributed by atoms with Crippen LogP contribution >= 0.6 is 0 Å². The van der Waals surface area contributed by atoms with Gasteiger partial charge in [-0.05, 0) is 36.1 Å². The van der Waals surface area contributed by atoms with Gasteiger partial charge in [0.1, 0.15) is 11.9 Å². The van der Waals surface area contributed by atoms with E-state index in [0.717, 1.165) is 5.56 Å². The van der Waals surface area contributed by atoms with E-state index < -0.39 is 0 Å². The van der Waals surface area contributed by atoms with Crippen molar-refractivity contribution < 1.29 is 9.18 Å². The Bertz CT molecular complexity index is 517. The average Bonchev–Trinajstić information content (AvgIpc) is 2.96. The Morgan fingerprint density at radius 3 is 2.59 bits per heavy atom. The number of halogens is 1. The number of hydrogen-bond acceptors (Lipinski definition) is 4. The van der Waals surface area contributed by atoms with E-state index in [-0.39, 0.29) is 29.2 Å². The molecule has 0 aromatic heterocycles. The van der Waals surface area contributed by atoms with E-state index in [9.17, 15) is 9.18 Å². The van der Waals surface area contributed by atoms with Gasteiger partial charge in [0.25, 0.3) is 0 Å². The molecule has 0 radical (unpaired) electrons. The van der Waals surface area contributed by atoms with Crippen molar-refractivity contribution in [1.82, 2.24) is 15.8 Å².